The Labute approximate surface area is 430 Å². The van der Waals surface area contributed by atoms with E-state index in [2.05, 4.69) is 6.92 Å². The Hall–Kier alpha value is -3.14. The van der Waals surface area contributed by atoms with Gasteiger partial charge in [-0.1, -0.05) is 61.9 Å². The molecule has 4 aliphatic carbocycles. The molecule has 0 radical (unpaired) electrons. The van der Waals surface area contributed by atoms with Crippen molar-refractivity contribution in [3.63, 3.8) is 0 Å². The van der Waals surface area contributed by atoms with Crippen LogP contribution in [0, 0.1) is 16.7 Å². The predicted octanol–water partition coefficient (Wildman–Crippen LogP) is 6.01. The van der Waals surface area contributed by atoms with Crippen molar-refractivity contribution in [1.29, 1.82) is 0 Å². The summed E-state index contributed by atoms with van der Waals surface area (Å²) in [6, 6.07) is 9.33. The maximum atomic E-state index is 13.9. The second-order valence-corrected chi connectivity index (χ2v) is 22.3. The van der Waals surface area contributed by atoms with E-state index in [-0.39, 0.29) is 37.9 Å². The maximum absolute atomic E-state index is 13.9. The topological polar surface area (TPSA) is 217 Å². The molecule has 73 heavy (non-hydrogen) atoms. The monoisotopic (exact) mass is 1030 g/mol. The van der Waals surface area contributed by atoms with E-state index in [0.29, 0.717) is 44.1 Å². The van der Waals surface area contributed by atoms with Gasteiger partial charge in [-0.25, -0.2) is 9.59 Å². The first kappa shape index (κ1) is 56.1. The lowest BCUT2D eigenvalue weighted by atomic mass is 9.42. The van der Waals surface area contributed by atoms with Crippen molar-refractivity contribution in [3.05, 3.63) is 65.3 Å². The SMILES string of the molecule is C/C=C(\C)C(=O)O[C@H](C)[C@]1(O)CC[C@@]2(O)[C@]1(C)[C@H](OC(=O)/C=C/c1ccccc1)C[C@@H]1[C@@]3(C)CC[C@H](O[C@H]4C[C@H](OC)[C@H](O[C@H]5C[C@H](OC)[C@H](O[C@H]6C[C@H](OC)[C@H](O)[C@@H](C)O6)[C@H](C)O5)[C@@H](C)O4)CC3=CC[C@]12O. The molecule has 0 unspecified atom stereocenters. The third-order valence-corrected chi connectivity index (χ3v) is 18.6. The van der Waals surface area contributed by atoms with E-state index in [0.717, 1.165) is 11.1 Å². The van der Waals surface area contributed by atoms with Crippen molar-refractivity contribution >= 4 is 18.0 Å². The molecule has 3 saturated carbocycles. The highest BCUT2D eigenvalue weighted by molar-refractivity contribution is 5.88. The van der Waals surface area contributed by atoms with Crippen LogP contribution in [0.5, 0.6) is 0 Å². The van der Waals surface area contributed by atoms with E-state index >= 15 is 0 Å². The number of ether oxygens (including phenoxy) is 11. The second kappa shape index (κ2) is 22.1. The van der Waals surface area contributed by atoms with Gasteiger partial charge >= 0.3 is 11.9 Å². The van der Waals surface area contributed by atoms with Crippen LogP contribution in [0.25, 0.3) is 6.08 Å². The van der Waals surface area contributed by atoms with E-state index in [1.165, 1.54) is 6.08 Å². The van der Waals surface area contributed by atoms with Gasteiger partial charge in [0.15, 0.2) is 18.9 Å². The van der Waals surface area contributed by atoms with Crippen molar-refractivity contribution in [2.75, 3.05) is 21.3 Å². The number of methoxy groups -OCH3 is 3. The summed E-state index contributed by atoms with van der Waals surface area (Å²) >= 11 is 0. The molecule has 1 aromatic rings. The quantitative estimate of drug-likeness (QED) is 0.0899. The highest BCUT2D eigenvalue weighted by Gasteiger charge is 2.81. The molecule has 0 bridgehead atoms. The number of aliphatic hydroxyl groups is 4. The standard InChI is InChI=1S/C56H82O17/c1-12-31(2)51(59)69-35(6)54(60)24-25-56(62)53(54,8)43(71-44(57)19-18-36-16-14-13-15-17-36)30-42-52(7)22-21-38(26-37(52)20-23-55(42,56)61)70-45-28-40(64-10)49(33(4)67-45)73-47-29-41(65-11)50(34(5)68-47)72-46-27-39(63-9)48(58)32(3)66-46/h12-20,32-35,38-43,45-50,58,60-62H,21-30H2,1-11H3/b19-18+,31-12+/t32-,33-,34+,35-,38+,39+,40+,41+,42-,43-,45+,46+,47+,48-,49-,50-,52+,53-,54-,55+,56-/m1/s1. The summed E-state index contributed by atoms with van der Waals surface area (Å²) < 4.78 is 68.4. The van der Waals surface area contributed by atoms with Crippen LogP contribution in [0.3, 0.4) is 0 Å². The van der Waals surface area contributed by atoms with E-state index in [9.17, 15) is 30.0 Å². The van der Waals surface area contributed by atoms with Crippen molar-refractivity contribution in [2.24, 2.45) is 16.7 Å². The van der Waals surface area contributed by atoms with Crippen molar-refractivity contribution in [2.45, 2.75) is 229 Å². The van der Waals surface area contributed by atoms with Gasteiger partial charge in [-0.2, -0.15) is 0 Å². The molecule has 3 saturated heterocycles. The van der Waals surface area contributed by atoms with Crippen LogP contribution in [0.15, 0.2) is 59.7 Å². The Balaban J connectivity index is 0.950. The lowest BCUT2D eigenvalue weighted by molar-refractivity contribution is -0.339. The Bertz CT molecular complexity index is 2190. The van der Waals surface area contributed by atoms with Gasteiger partial charge in [0.05, 0.1) is 48.1 Å². The minimum Gasteiger partial charge on any atom is -0.458 e. The number of carbonyl (C=O) groups excluding carboxylic acids is 2. The number of allylic oxidation sites excluding steroid dienone is 1. The van der Waals surface area contributed by atoms with Gasteiger partial charge in [-0.3, -0.25) is 0 Å². The predicted molar refractivity (Wildman–Crippen MR) is 265 cm³/mol. The molecular weight excluding hydrogens is 945 g/mol. The fourth-order valence-corrected chi connectivity index (χ4v) is 13.9. The lowest BCUT2D eigenvalue weighted by Gasteiger charge is -2.67. The number of hydrogen-bond donors (Lipinski definition) is 4. The molecule has 17 nitrogen and oxygen atoms in total. The van der Waals surface area contributed by atoms with Crippen LogP contribution >= 0.6 is 0 Å². The average molecular weight is 1030 g/mol. The third kappa shape index (κ3) is 10.2. The highest BCUT2D eigenvalue weighted by Crippen LogP contribution is 2.71. The molecule has 0 spiro atoms. The van der Waals surface area contributed by atoms with Gasteiger partial charge in [0.2, 0.25) is 0 Å². The van der Waals surface area contributed by atoms with Gasteiger partial charge in [0.1, 0.15) is 47.3 Å². The number of aliphatic hydroxyl groups excluding tert-OH is 1. The number of hydrogen-bond acceptors (Lipinski definition) is 17. The summed E-state index contributed by atoms with van der Waals surface area (Å²) in [6.07, 6.45) is 1.15. The largest absolute Gasteiger partial charge is 0.458 e. The van der Waals surface area contributed by atoms with Gasteiger partial charge in [-0.15, -0.1) is 0 Å². The Kier molecular flexibility index (Phi) is 17.0. The van der Waals surface area contributed by atoms with Crippen LogP contribution in [-0.2, 0) is 61.7 Å². The minimum atomic E-state index is -1.97. The van der Waals surface area contributed by atoms with Crippen LogP contribution in [0.2, 0.25) is 0 Å². The molecule has 0 amide bonds. The van der Waals surface area contributed by atoms with E-state index < -0.39 is 125 Å². The van der Waals surface area contributed by atoms with E-state index in [4.69, 9.17) is 52.1 Å². The summed E-state index contributed by atoms with van der Waals surface area (Å²) in [7, 11) is 4.84. The zero-order valence-electron chi connectivity index (χ0n) is 44.6. The van der Waals surface area contributed by atoms with Crippen LogP contribution in [0.1, 0.15) is 125 Å². The molecule has 408 valence electrons. The molecule has 1 aromatic carbocycles. The third-order valence-electron chi connectivity index (χ3n) is 18.6. The number of carbonyl (C=O) groups is 2. The van der Waals surface area contributed by atoms with Gasteiger partial charge < -0.3 is 72.5 Å². The zero-order chi connectivity index (χ0) is 52.8. The van der Waals surface area contributed by atoms with Crippen molar-refractivity contribution in [3.8, 4) is 0 Å². The second-order valence-electron chi connectivity index (χ2n) is 22.3. The van der Waals surface area contributed by atoms with Gasteiger partial charge in [-0.05, 0) is 104 Å². The smallest absolute Gasteiger partial charge is 0.333 e. The summed E-state index contributed by atoms with van der Waals surface area (Å²) in [5.74, 6) is -1.86. The fraction of sp³-hybridized carbons (Fsp3) is 0.750. The van der Waals surface area contributed by atoms with Gasteiger partial charge in [0.25, 0.3) is 0 Å². The average Bonchev–Trinajstić information content (AvgIpc) is 3.60. The summed E-state index contributed by atoms with van der Waals surface area (Å²) in [5, 5.41) is 49.9. The first-order chi connectivity index (χ1) is 34.6. The molecule has 4 N–H and O–H groups in total. The van der Waals surface area contributed by atoms with Crippen LogP contribution in [0.4, 0.5) is 0 Å². The summed E-state index contributed by atoms with van der Waals surface area (Å²) in [4.78, 5) is 27.0. The molecule has 8 rings (SSSR count). The number of rotatable bonds is 15. The molecule has 21 atom stereocenters. The maximum Gasteiger partial charge on any atom is 0.333 e. The van der Waals surface area contributed by atoms with E-state index in [1.54, 1.807) is 68.1 Å². The summed E-state index contributed by atoms with van der Waals surface area (Å²) in [6.45, 7) is 14.4. The molecule has 7 aliphatic rings. The molecule has 3 aliphatic heterocycles. The van der Waals surface area contributed by atoms with Crippen LogP contribution in [-0.4, -0.2) is 163 Å². The van der Waals surface area contributed by atoms with E-state index in [1.807, 2.05) is 50.3 Å². The Morgan fingerprint density at radius 3 is 1.95 bits per heavy atom. The molecule has 17 heteroatoms. The molecule has 6 fully saturated rings. The lowest BCUT2D eigenvalue weighted by Crippen LogP contribution is -2.78. The fourth-order valence-electron chi connectivity index (χ4n) is 13.9. The highest BCUT2D eigenvalue weighted by atomic mass is 16.7. The number of fused-ring (bicyclic) bond motifs is 5. The Morgan fingerprint density at radius 2 is 1.36 bits per heavy atom. The first-order valence-corrected chi connectivity index (χ1v) is 26.4. The molecule has 0 aromatic heterocycles. The van der Waals surface area contributed by atoms with Gasteiger partial charge in [0, 0.05) is 58.2 Å². The minimum absolute atomic E-state index is 0.0156. The first-order valence-electron chi connectivity index (χ1n) is 26.4. The van der Waals surface area contributed by atoms with Crippen molar-refractivity contribution in [1.82, 2.24) is 0 Å². The summed E-state index contributed by atoms with van der Waals surface area (Å²) in [5.41, 5.74) is -5.71. The molecular formula is C56H82O17. The number of benzene rings is 1. The zero-order valence-corrected chi connectivity index (χ0v) is 44.6. The Morgan fingerprint density at radius 1 is 0.781 bits per heavy atom. The normalized spacial score (nSPS) is 45.4. The molecule has 3 heterocycles. The van der Waals surface area contributed by atoms with Crippen LogP contribution < -0.4 is 0 Å². The number of esters is 2. The van der Waals surface area contributed by atoms with Crippen molar-refractivity contribution < 1.29 is 82.1 Å².